The molecule has 3 rings (SSSR count). The van der Waals surface area contributed by atoms with Gasteiger partial charge in [-0.3, -0.25) is 9.59 Å². The topological polar surface area (TPSA) is 83.1 Å². The number of nitrogens with zero attached hydrogens (tertiary/aromatic N) is 1. The lowest BCUT2D eigenvalue weighted by Gasteiger charge is -2.13. The number of rotatable bonds is 8. The van der Waals surface area contributed by atoms with E-state index in [-0.39, 0.29) is 24.1 Å². The number of hydrogen-bond acceptors (Lipinski definition) is 4. The van der Waals surface area contributed by atoms with E-state index in [1.807, 2.05) is 37.3 Å². The molecule has 2 aromatic carbocycles. The van der Waals surface area contributed by atoms with Gasteiger partial charge < -0.3 is 16.0 Å². The third kappa shape index (κ3) is 5.99. The van der Waals surface area contributed by atoms with E-state index in [9.17, 15) is 9.59 Å². The Morgan fingerprint density at radius 2 is 1.74 bits per heavy atom. The summed E-state index contributed by atoms with van der Waals surface area (Å²) in [5.41, 5.74) is 5.89. The normalized spacial score (nSPS) is 10.5. The van der Waals surface area contributed by atoms with Crippen LogP contribution in [0.1, 0.15) is 34.1 Å². The molecule has 3 aromatic rings. The molecule has 0 fully saturated rings. The van der Waals surface area contributed by atoms with Crippen LogP contribution in [0, 0.1) is 6.92 Å². The first-order valence-corrected chi connectivity index (χ1v) is 10.4. The van der Waals surface area contributed by atoms with Gasteiger partial charge in [0, 0.05) is 25.4 Å². The summed E-state index contributed by atoms with van der Waals surface area (Å²) >= 11 is 0. The highest BCUT2D eigenvalue weighted by Gasteiger charge is 2.16. The fraction of sp³-hybridized carbons (Fsp3) is 0.240. The van der Waals surface area contributed by atoms with Crippen molar-refractivity contribution in [2.75, 3.05) is 18.9 Å². The maximum absolute atomic E-state index is 12.5. The van der Waals surface area contributed by atoms with Crippen molar-refractivity contribution in [2.45, 2.75) is 26.8 Å². The van der Waals surface area contributed by atoms with Gasteiger partial charge in [0.1, 0.15) is 0 Å². The lowest BCUT2D eigenvalue weighted by molar-refractivity contribution is -0.115. The zero-order chi connectivity index (χ0) is 22.2. The van der Waals surface area contributed by atoms with Crippen LogP contribution in [0.25, 0.3) is 11.1 Å². The molecule has 0 unspecified atom stereocenters. The number of aromatic nitrogens is 1. The molecule has 3 N–H and O–H groups in total. The van der Waals surface area contributed by atoms with E-state index >= 15 is 0 Å². The maximum Gasteiger partial charge on any atom is 0.271 e. The van der Waals surface area contributed by atoms with Gasteiger partial charge in [-0.1, -0.05) is 61.0 Å². The van der Waals surface area contributed by atoms with Gasteiger partial charge in [0.05, 0.1) is 12.2 Å². The molecule has 0 aliphatic rings. The van der Waals surface area contributed by atoms with Gasteiger partial charge in [-0.05, 0) is 36.1 Å². The number of anilines is 1. The second-order valence-electron chi connectivity index (χ2n) is 7.39. The summed E-state index contributed by atoms with van der Waals surface area (Å²) in [6.07, 6.45) is 2.58. The fourth-order valence-corrected chi connectivity index (χ4v) is 3.32. The van der Waals surface area contributed by atoms with Crippen molar-refractivity contribution in [3.63, 3.8) is 0 Å². The first-order chi connectivity index (χ1) is 15.0. The number of hydrogen-bond donors (Lipinski definition) is 3. The van der Waals surface area contributed by atoms with E-state index in [0.717, 1.165) is 23.1 Å². The first-order valence-electron chi connectivity index (χ1n) is 10.4. The van der Waals surface area contributed by atoms with Gasteiger partial charge in [-0.15, -0.1) is 0 Å². The zero-order valence-electron chi connectivity index (χ0n) is 18.2. The number of carbonyl (C=O) groups is 2. The number of nitrogens with one attached hydrogen (secondary N) is 3. The first kappa shape index (κ1) is 22.2. The van der Waals surface area contributed by atoms with Crippen LogP contribution in [0.2, 0.25) is 0 Å². The van der Waals surface area contributed by atoms with Crippen LogP contribution in [-0.4, -0.2) is 30.4 Å². The molecule has 6 heteroatoms. The second kappa shape index (κ2) is 10.5. The summed E-state index contributed by atoms with van der Waals surface area (Å²) in [6, 6.07) is 18.1. The highest BCUT2D eigenvalue weighted by atomic mass is 16.2. The SMILES string of the molecule is CCc1cccc(-c2cnc(C(=O)NC)c(NC(=O)CNCc3cccc(C)c3)c2)c1. The van der Waals surface area contributed by atoms with Gasteiger partial charge in [0.2, 0.25) is 5.91 Å². The number of benzene rings is 2. The van der Waals surface area contributed by atoms with E-state index < -0.39 is 0 Å². The molecule has 0 saturated carbocycles. The molecule has 160 valence electrons. The number of amides is 2. The van der Waals surface area contributed by atoms with E-state index in [1.54, 1.807) is 12.3 Å². The molecular weight excluding hydrogens is 388 g/mol. The Balaban J connectivity index is 1.75. The van der Waals surface area contributed by atoms with Gasteiger partial charge in [-0.25, -0.2) is 4.98 Å². The van der Waals surface area contributed by atoms with Gasteiger partial charge in [0.15, 0.2) is 5.69 Å². The summed E-state index contributed by atoms with van der Waals surface area (Å²) in [7, 11) is 1.54. The maximum atomic E-state index is 12.5. The molecule has 31 heavy (non-hydrogen) atoms. The lowest BCUT2D eigenvalue weighted by atomic mass is 10.0. The third-order valence-electron chi connectivity index (χ3n) is 4.97. The Bertz CT molecular complexity index is 1080. The summed E-state index contributed by atoms with van der Waals surface area (Å²) < 4.78 is 0. The molecular formula is C25H28N4O2. The Hall–Kier alpha value is -3.51. The van der Waals surface area contributed by atoms with Crippen molar-refractivity contribution in [3.05, 3.63) is 83.2 Å². The van der Waals surface area contributed by atoms with E-state index in [1.165, 1.54) is 18.2 Å². The molecule has 0 bridgehead atoms. The largest absolute Gasteiger partial charge is 0.354 e. The highest BCUT2D eigenvalue weighted by molar-refractivity contribution is 6.03. The van der Waals surface area contributed by atoms with Gasteiger partial charge >= 0.3 is 0 Å². The quantitative estimate of drug-likeness (QED) is 0.523. The van der Waals surface area contributed by atoms with Crippen LogP contribution < -0.4 is 16.0 Å². The van der Waals surface area contributed by atoms with E-state index in [2.05, 4.69) is 46.1 Å². The van der Waals surface area contributed by atoms with Crippen molar-refractivity contribution in [3.8, 4) is 11.1 Å². The van der Waals surface area contributed by atoms with Crippen molar-refractivity contribution in [1.29, 1.82) is 0 Å². The predicted octanol–water partition coefficient (Wildman–Crippen LogP) is 3.71. The third-order valence-corrected chi connectivity index (χ3v) is 4.97. The molecule has 0 aliphatic heterocycles. The number of pyridine rings is 1. The van der Waals surface area contributed by atoms with Crippen molar-refractivity contribution in [1.82, 2.24) is 15.6 Å². The summed E-state index contributed by atoms with van der Waals surface area (Å²) in [5.74, 6) is -0.587. The molecule has 0 spiro atoms. The van der Waals surface area contributed by atoms with Crippen molar-refractivity contribution < 1.29 is 9.59 Å². The summed E-state index contributed by atoms with van der Waals surface area (Å²) in [5, 5.41) is 8.55. The average molecular weight is 417 g/mol. The van der Waals surface area contributed by atoms with Crippen LogP contribution in [0.4, 0.5) is 5.69 Å². The molecule has 0 saturated heterocycles. The average Bonchev–Trinajstić information content (AvgIpc) is 2.78. The minimum atomic E-state index is -0.350. The van der Waals surface area contributed by atoms with E-state index in [0.29, 0.717) is 12.2 Å². The summed E-state index contributed by atoms with van der Waals surface area (Å²) in [4.78, 5) is 29.1. The van der Waals surface area contributed by atoms with Crippen molar-refractivity contribution >= 4 is 17.5 Å². The lowest BCUT2D eigenvalue weighted by Crippen LogP contribution is -2.29. The van der Waals surface area contributed by atoms with Crippen LogP contribution >= 0.6 is 0 Å². The molecule has 0 radical (unpaired) electrons. The molecule has 1 heterocycles. The Labute approximate surface area is 183 Å². The molecule has 6 nitrogen and oxygen atoms in total. The molecule has 1 aromatic heterocycles. The Morgan fingerprint density at radius 3 is 2.48 bits per heavy atom. The minimum Gasteiger partial charge on any atom is -0.354 e. The zero-order valence-corrected chi connectivity index (χ0v) is 18.2. The van der Waals surface area contributed by atoms with Crippen LogP contribution in [0.3, 0.4) is 0 Å². The van der Waals surface area contributed by atoms with Gasteiger partial charge in [0.25, 0.3) is 5.91 Å². The molecule has 2 amide bonds. The van der Waals surface area contributed by atoms with E-state index in [4.69, 9.17) is 0 Å². The Morgan fingerprint density at radius 1 is 0.968 bits per heavy atom. The van der Waals surface area contributed by atoms with Crippen molar-refractivity contribution in [2.24, 2.45) is 0 Å². The van der Waals surface area contributed by atoms with Crippen LogP contribution in [-0.2, 0) is 17.8 Å². The smallest absolute Gasteiger partial charge is 0.271 e. The molecule has 0 atom stereocenters. The number of carbonyl (C=O) groups excluding carboxylic acids is 2. The molecule has 0 aliphatic carbocycles. The standard InChI is InChI=1S/C25H28N4O2/c1-4-18-8-6-10-20(12-18)21-13-22(24(28-15-21)25(31)26-3)29-23(30)16-27-14-19-9-5-7-17(2)11-19/h5-13,15,27H,4,14,16H2,1-3H3,(H,26,31)(H,29,30). The van der Waals surface area contributed by atoms with Gasteiger partial charge in [-0.2, -0.15) is 0 Å². The Kier molecular flexibility index (Phi) is 7.51. The number of aryl methyl sites for hydroxylation is 2. The monoisotopic (exact) mass is 416 g/mol. The second-order valence-corrected chi connectivity index (χ2v) is 7.39. The highest BCUT2D eigenvalue weighted by Crippen LogP contribution is 2.25. The van der Waals surface area contributed by atoms with Crippen LogP contribution in [0.5, 0.6) is 0 Å². The van der Waals surface area contributed by atoms with Crippen LogP contribution in [0.15, 0.2) is 60.8 Å². The fourth-order valence-electron chi connectivity index (χ4n) is 3.32. The summed E-state index contributed by atoms with van der Waals surface area (Å²) in [6.45, 7) is 4.84. The predicted molar refractivity (Wildman–Crippen MR) is 124 cm³/mol. The minimum absolute atomic E-state index is 0.122.